The van der Waals surface area contributed by atoms with Crippen molar-refractivity contribution in [2.45, 2.75) is 45.1 Å². The predicted molar refractivity (Wildman–Crippen MR) is 76.7 cm³/mol. The van der Waals surface area contributed by atoms with Crippen LogP contribution in [0.25, 0.3) is 0 Å². The van der Waals surface area contributed by atoms with Gasteiger partial charge in [-0.25, -0.2) is 0 Å². The molecule has 102 valence electrons. The van der Waals surface area contributed by atoms with Crippen molar-refractivity contribution in [2.75, 3.05) is 0 Å². The van der Waals surface area contributed by atoms with Crippen LogP contribution in [0.2, 0.25) is 0 Å². The molecule has 1 nitrogen and oxygen atoms in total. The van der Waals surface area contributed by atoms with Crippen LogP contribution >= 0.6 is 0 Å². The Morgan fingerprint density at radius 1 is 1.11 bits per heavy atom. The summed E-state index contributed by atoms with van der Waals surface area (Å²) in [7, 11) is 0. The molecule has 0 radical (unpaired) electrons. The fraction of sp³-hybridized carbons (Fsp3) is 0.667. The van der Waals surface area contributed by atoms with Gasteiger partial charge in [0.1, 0.15) is 0 Å². The van der Waals surface area contributed by atoms with Gasteiger partial charge in [0, 0.05) is 0 Å². The van der Waals surface area contributed by atoms with Gasteiger partial charge in [-0.05, 0) is 66.4 Å². The Labute approximate surface area is 116 Å². The molecule has 0 amide bonds. The minimum atomic E-state index is -0.200. The third-order valence-corrected chi connectivity index (χ3v) is 6.02. The summed E-state index contributed by atoms with van der Waals surface area (Å²) in [4.78, 5) is 0. The second-order valence-electron chi connectivity index (χ2n) is 7.00. The average Bonchev–Trinajstić information content (AvgIpc) is 2.87. The molecule has 5 atom stereocenters. The molecule has 0 saturated heterocycles. The van der Waals surface area contributed by atoms with Crippen molar-refractivity contribution in [1.82, 2.24) is 0 Å². The second kappa shape index (κ2) is 4.34. The van der Waals surface area contributed by atoms with Gasteiger partial charge >= 0.3 is 0 Å². The second-order valence-corrected chi connectivity index (χ2v) is 7.00. The van der Waals surface area contributed by atoms with E-state index in [4.69, 9.17) is 0 Å². The highest BCUT2D eigenvalue weighted by atomic mass is 16.3. The highest BCUT2D eigenvalue weighted by Gasteiger charge is 2.66. The zero-order valence-corrected chi connectivity index (χ0v) is 11.8. The zero-order chi connectivity index (χ0) is 13.0. The molecular formula is C18H24O. The Morgan fingerprint density at radius 2 is 1.74 bits per heavy atom. The molecule has 0 aromatic heterocycles. The summed E-state index contributed by atoms with van der Waals surface area (Å²) in [5.74, 6) is 4.22. The number of fused-ring (bicyclic) bond motifs is 5. The Balaban J connectivity index is 1.48. The van der Waals surface area contributed by atoms with Crippen molar-refractivity contribution >= 4 is 0 Å². The minimum Gasteiger partial charge on any atom is -0.388 e. The first-order chi connectivity index (χ1) is 9.29. The molecule has 5 unspecified atom stereocenters. The highest BCUT2D eigenvalue weighted by molar-refractivity contribution is 5.28. The lowest BCUT2D eigenvalue weighted by molar-refractivity contribution is 0.130. The Morgan fingerprint density at radius 3 is 2.32 bits per heavy atom. The van der Waals surface area contributed by atoms with Gasteiger partial charge in [-0.1, -0.05) is 37.6 Å². The van der Waals surface area contributed by atoms with E-state index in [0.717, 1.165) is 35.7 Å². The third-order valence-electron chi connectivity index (χ3n) is 6.02. The van der Waals surface area contributed by atoms with E-state index < -0.39 is 0 Å². The van der Waals surface area contributed by atoms with Crippen LogP contribution in [0, 0.1) is 29.6 Å². The number of aryl methyl sites for hydroxylation is 1. The summed E-state index contributed by atoms with van der Waals surface area (Å²) in [6.45, 7) is 2.21. The Kier molecular flexibility index (Phi) is 2.73. The smallest absolute Gasteiger partial charge is 0.0823 e. The van der Waals surface area contributed by atoms with Gasteiger partial charge in [0.05, 0.1) is 6.10 Å². The first-order valence-electron chi connectivity index (χ1n) is 8.06. The van der Waals surface area contributed by atoms with Gasteiger partial charge in [0.25, 0.3) is 0 Å². The van der Waals surface area contributed by atoms with E-state index >= 15 is 0 Å². The summed E-state index contributed by atoms with van der Waals surface area (Å²) in [6.07, 6.45) is 6.48. The number of rotatable bonds is 4. The molecule has 3 fully saturated rings. The lowest BCUT2D eigenvalue weighted by Gasteiger charge is -2.16. The standard InChI is InChI=1S/C18H24O/c1-2-3-11-4-6-12(7-5-11)18(19)17-15-13-8-9-14(10-13)16(15)17/h4-7,13-19H,2-3,8-10H2,1H3. The molecule has 1 heteroatoms. The Hall–Kier alpha value is -0.820. The molecule has 0 heterocycles. The lowest BCUT2D eigenvalue weighted by atomic mass is 9.94. The van der Waals surface area contributed by atoms with E-state index in [1.54, 1.807) is 0 Å². The molecule has 3 aliphatic rings. The summed E-state index contributed by atoms with van der Waals surface area (Å²) in [6, 6.07) is 8.72. The van der Waals surface area contributed by atoms with Crippen LogP contribution in [0.1, 0.15) is 49.8 Å². The van der Waals surface area contributed by atoms with Crippen LogP contribution in [0.3, 0.4) is 0 Å². The molecule has 2 bridgehead atoms. The average molecular weight is 256 g/mol. The van der Waals surface area contributed by atoms with Crippen molar-refractivity contribution < 1.29 is 5.11 Å². The van der Waals surface area contributed by atoms with Crippen molar-refractivity contribution in [2.24, 2.45) is 29.6 Å². The van der Waals surface area contributed by atoms with E-state index in [2.05, 4.69) is 31.2 Å². The van der Waals surface area contributed by atoms with E-state index in [9.17, 15) is 5.11 Å². The maximum atomic E-state index is 10.7. The number of aliphatic hydroxyl groups excluding tert-OH is 1. The fourth-order valence-corrected chi connectivity index (χ4v) is 5.21. The maximum Gasteiger partial charge on any atom is 0.0823 e. The molecular weight excluding hydrogens is 232 g/mol. The fourth-order valence-electron chi connectivity index (χ4n) is 5.21. The Bertz CT molecular complexity index is 447. The number of benzene rings is 1. The monoisotopic (exact) mass is 256 g/mol. The first-order valence-corrected chi connectivity index (χ1v) is 8.06. The molecule has 1 aromatic carbocycles. The molecule has 3 aliphatic carbocycles. The van der Waals surface area contributed by atoms with Gasteiger partial charge in [0.15, 0.2) is 0 Å². The van der Waals surface area contributed by atoms with Crippen molar-refractivity contribution in [3.05, 3.63) is 35.4 Å². The SMILES string of the molecule is CCCc1ccc(C(O)C2C3C4CCC(C4)C32)cc1. The van der Waals surface area contributed by atoms with Crippen LogP contribution in [0.5, 0.6) is 0 Å². The van der Waals surface area contributed by atoms with Gasteiger partial charge in [0.2, 0.25) is 0 Å². The summed E-state index contributed by atoms with van der Waals surface area (Å²) in [5.41, 5.74) is 2.55. The molecule has 4 rings (SSSR count). The molecule has 1 N–H and O–H groups in total. The van der Waals surface area contributed by atoms with Crippen molar-refractivity contribution in [3.63, 3.8) is 0 Å². The maximum absolute atomic E-state index is 10.7. The summed E-state index contributed by atoms with van der Waals surface area (Å²) < 4.78 is 0. The molecule has 1 aromatic rings. The van der Waals surface area contributed by atoms with Gasteiger partial charge in [-0.2, -0.15) is 0 Å². The third kappa shape index (κ3) is 1.78. The zero-order valence-electron chi connectivity index (χ0n) is 11.8. The number of hydrogen-bond acceptors (Lipinski definition) is 1. The summed E-state index contributed by atoms with van der Waals surface area (Å²) >= 11 is 0. The van der Waals surface area contributed by atoms with Gasteiger partial charge in [-0.15, -0.1) is 0 Å². The number of hydrogen-bond donors (Lipinski definition) is 1. The predicted octanol–water partition coefficient (Wildman–Crippen LogP) is 3.96. The van der Waals surface area contributed by atoms with Crippen molar-refractivity contribution in [3.8, 4) is 0 Å². The van der Waals surface area contributed by atoms with E-state index in [1.807, 2.05) is 0 Å². The topological polar surface area (TPSA) is 20.2 Å². The number of aliphatic hydroxyl groups is 1. The minimum absolute atomic E-state index is 0.200. The molecule has 19 heavy (non-hydrogen) atoms. The largest absolute Gasteiger partial charge is 0.388 e. The normalized spacial score (nSPS) is 40.2. The first kappa shape index (κ1) is 12.0. The van der Waals surface area contributed by atoms with Crippen LogP contribution in [0.4, 0.5) is 0 Å². The van der Waals surface area contributed by atoms with Gasteiger partial charge < -0.3 is 5.11 Å². The van der Waals surface area contributed by atoms with Crippen LogP contribution < -0.4 is 0 Å². The highest BCUT2D eigenvalue weighted by Crippen LogP contribution is 2.72. The quantitative estimate of drug-likeness (QED) is 0.864. The van der Waals surface area contributed by atoms with E-state index in [1.165, 1.54) is 31.2 Å². The van der Waals surface area contributed by atoms with E-state index in [-0.39, 0.29) is 6.10 Å². The van der Waals surface area contributed by atoms with E-state index in [0.29, 0.717) is 5.92 Å². The van der Waals surface area contributed by atoms with Crippen LogP contribution in [0.15, 0.2) is 24.3 Å². The van der Waals surface area contributed by atoms with Gasteiger partial charge in [-0.3, -0.25) is 0 Å². The lowest BCUT2D eigenvalue weighted by Crippen LogP contribution is -2.08. The van der Waals surface area contributed by atoms with Crippen LogP contribution in [-0.2, 0) is 6.42 Å². The summed E-state index contributed by atoms with van der Waals surface area (Å²) in [5, 5.41) is 10.7. The molecule has 0 spiro atoms. The molecule has 3 saturated carbocycles. The van der Waals surface area contributed by atoms with Crippen LogP contribution in [-0.4, -0.2) is 5.11 Å². The molecule has 0 aliphatic heterocycles. The van der Waals surface area contributed by atoms with Crippen molar-refractivity contribution in [1.29, 1.82) is 0 Å².